The molecule has 2 aromatic rings. The molecular formula is C15H12F2N2OS. The van der Waals surface area contributed by atoms with Crippen LogP contribution in [0.4, 0.5) is 8.78 Å². The van der Waals surface area contributed by atoms with Crippen molar-refractivity contribution in [2.75, 3.05) is 6.54 Å². The van der Waals surface area contributed by atoms with Gasteiger partial charge in [-0.05, 0) is 24.3 Å². The van der Waals surface area contributed by atoms with Crippen molar-refractivity contribution in [3.8, 4) is 11.8 Å². The number of carbonyl (C=O) groups excluding carboxylic acids is 1. The molecule has 3 nitrogen and oxygen atoms in total. The Labute approximate surface area is 124 Å². The molecule has 1 amide bonds. The zero-order valence-corrected chi connectivity index (χ0v) is 11.8. The molecule has 2 rings (SSSR count). The van der Waals surface area contributed by atoms with Crippen LogP contribution in [0.1, 0.15) is 20.1 Å². The quantitative estimate of drug-likeness (QED) is 0.855. The molecule has 1 aromatic carbocycles. The Kier molecular flexibility index (Phi) is 5.04. The zero-order chi connectivity index (χ0) is 15.2. The Balaban J connectivity index is 1.99. The minimum absolute atomic E-state index is 0.0489. The van der Waals surface area contributed by atoms with Gasteiger partial charge in [0.05, 0.1) is 18.0 Å². The lowest BCUT2D eigenvalue weighted by Crippen LogP contribution is -2.22. The van der Waals surface area contributed by atoms with Crippen LogP contribution < -0.4 is 11.1 Å². The van der Waals surface area contributed by atoms with E-state index < -0.39 is 17.5 Å². The number of rotatable bonds is 3. The SMILES string of the molecule is NCC#Cc1ccc(CNC(=O)c2cc(F)cc(F)c2)s1. The Hall–Kier alpha value is -2.23. The van der Waals surface area contributed by atoms with Gasteiger partial charge in [-0.3, -0.25) is 4.79 Å². The van der Waals surface area contributed by atoms with Crippen molar-refractivity contribution in [1.82, 2.24) is 5.32 Å². The van der Waals surface area contributed by atoms with E-state index in [1.54, 1.807) is 0 Å². The van der Waals surface area contributed by atoms with Crippen LogP contribution in [-0.4, -0.2) is 12.5 Å². The largest absolute Gasteiger partial charge is 0.347 e. The second-order valence-corrected chi connectivity index (χ2v) is 5.28. The third-order valence-electron chi connectivity index (χ3n) is 2.52. The molecule has 0 saturated heterocycles. The van der Waals surface area contributed by atoms with Crippen LogP contribution in [0.5, 0.6) is 0 Å². The number of nitrogens with two attached hydrogens (primary N) is 1. The lowest BCUT2D eigenvalue weighted by Gasteiger charge is -2.04. The Morgan fingerprint density at radius 2 is 1.95 bits per heavy atom. The maximum atomic E-state index is 13.0. The van der Waals surface area contributed by atoms with Gasteiger partial charge in [-0.25, -0.2) is 8.78 Å². The highest BCUT2D eigenvalue weighted by Crippen LogP contribution is 2.15. The third-order valence-corrected chi connectivity index (χ3v) is 3.52. The van der Waals surface area contributed by atoms with Crippen LogP contribution in [0.3, 0.4) is 0 Å². The van der Waals surface area contributed by atoms with Gasteiger partial charge in [0.25, 0.3) is 5.91 Å². The molecule has 0 aliphatic heterocycles. The van der Waals surface area contributed by atoms with Gasteiger partial charge in [0, 0.05) is 16.5 Å². The van der Waals surface area contributed by atoms with Gasteiger partial charge in [-0.2, -0.15) is 0 Å². The van der Waals surface area contributed by atoms with Gasteiger partial charge >= 0.3 is 0 Å². The molecule has 108 valence electrons. The molecule has 0 radical (unpaired) electrons. The minimum Gasteiger partial charge on any atom is -0.347 e. The minimum atomic E-state index is -0.782. The second-order valence-electron chi connectivity index (χ2n) is 4.11. The van der Waals surface area contributed by atoms with Crippen LogP contribution in [0.15, 0.2) is 30.3 Å². The highest BCUT2D eigenvalue weighted by atomic mass is 32.1. The monoisotopic (exact) mass is 306 g/mol. The van der Waals surface area contributed by atoms with Gasteiger partial charge in [-0.15, -0.1) is 11.3 Å². The first-order chi connectivity index (χ1) is 10.1. The van der Waals surface area contributed by atoms with E-state index in [-0.39, 0.29) is 18.7 Å². The molecular weight excluding hydrogens is 294 g/mol. The molecule has 1 heterocycles. The van der Waals surface area contributed by atoms with Gasteiger partial charge in [0.15, 0.2) is 0 Å². The number of hydrogen-bond acceptors (Lipinski definition) is 3. The molecule has 0 spiro atoms. The highest BCUT2D eigenvalue weighted by Gasteiger charge is 2.09. The zero-order valence-electron chi connectivity index (χ0n) is 11.0. The summed E-state index contributed by atoms with van der Waals surface area (Å²) in [6.45, 7) is 0.557. The molecule has 3 N–H and O–H groups in total. The molecule has 0 fully saturated rings. The number of benzene rings is 1. The summed E-state index contributed by atoms with van der Waals surface area (Å²) in [4.78, 5) is 13.6. The van der Waals surface area contributed by atoms with Crippen molar-refractivity contribution in [2.24, 2.45) is 5.73 Å². The van der Waals surface area contributed by atoms with E-state index >= 15 is 0 Å². The topological polar surface area (TPSA) is 55.1 Å². The summed E-state index contributed by atoms with van der Waals surface area (Å²) >= 11 is 1.42. The van der Waals surface area contributed by atoms with E-state index in [9.17, 15) is 13.6 Å². The summed E-state index contributed by atoms with van der Waals surface area (Å²) in [6.07, 6.45) is 0. The number of amides is 1. The number of nitrogens with one attached hydrogen (secondary N) is 1. The van der Waals surface area contributed by atoms with Crippen LogP contribution in [-0.2, 0) is 6.54 Å². The molecule has 0 atom stereocenters. The molecule has 0 unspecified atom stereocenters. The van der Waals surface area contributed by atoms with E-state index in [0.717, 1.165) is 28.0 Å². The fourth-order valence-electron chi connectivity index (χ4n) is 1.63. The highest BCUT2D eigenvalue weighted by molar-refractivity contribution is 7.12. The maximum absolute atomic E-state index is 13.0. The van der Waals surface area contributed by atoms with Crippen molar-refractivity contribution in [2.45, 2.75) is 6.54 Å². The van der Waals surface area contributed by atoms with Crippen LogP contribution in [0.25, 0.3) is 0 Å². The summed E-state index contributed by atoms with van der Waals surface area (Å²) in [6, 6.07) is 6.36. The predicted molar refractivity (Wildman–Crippen MR) is 77.8 cm³/mol. The van der Waals surface area contributed by atoms with E-state index in [0.29, 0.717) is 0 Å². The first-order valence-electron chi connectivity index (χ1n) is 6.10. The summed E-state index contributed by atoms with van der Waals surface area (Å²) < 4.78 is 26.1. The van der Waals surface area contributed by atoms with Crippen LogP contribution in [0, 0.1) is 23.5 Å². The lowest BCUT2D eigenvalue weighted by atomic mass is 10.2. The first kappa shape index (κ1) is 15.2. The summed E-state index contributed by atoms with van der Waals surface area (Å²) in [5.41, 5.74) is 5.23. The van der Waals surface area contributed by atoms with Crippen molar-refractivity contribution >= 4 is 17.2 Å². The predicted octanol–water partition coefficient (Wildman–Crippen LogP) is 2.27. The van der Waals surface area contributed by atoms with Crippen LogP contribution in [0.2, 0.25) is 0 Å². The molecule has 1 aromatic heterocycles. The number of thiophene rings is 1. The number of halogens is 2. The van der Waals surface area contributed by atoms with E-state index in [1.807, 2.05) is 12.1 Å². The smallest absolute Gasteiger partial charge is 0.251 e. The molecule has 0 aliphatic rings. The van der Waals surface area contributed by atoms with Crippen molar-refractivity contribution < 1.29 is 13.6 Å². The van der Waals surface area contributed by atoms with Gasteiger partial charge < -0.3 is 11.1 Å². The summed E-state index contributed by atoms with van der Waals surface area (Å²) in [7, 11) is 0. The van der Waals surface area contributed by atoms with E-state index in [4.69, 9.17) is 5.73 Å². The number of hydrogen-bond donors (Lipinski definition) is 2. The molecule has 0 bridgehead atoms. The second kappa shape index (κ2) is 6.97. The Morgan fingerprint density at radius 1 is 1.24 bits per heavy atom. The lowest BCUT2D eigenvalue weighted by molar-refractivity contribution is 0.0950. The maximum Gasteiger partial charge on any atom is 0.251 e. The normalized spacial score (nSPS) is 9.86. The van der Waals surface area contributed by atoms with E-state index in [1.165, 1.54) is 11.3 Å². The first-order valence-corrected chi connectivity index (χ1v) is 6.92. The summed E-state index contributed by atoms with van der Waals surface area (Å²) in [5, 5.41) is 2.60. The summed E-state index contributed by atoms with van der Waals surface area (Å²) in [5.74, 6) is 3.53. The van der Waals surface area contributed by atoms with Crippen molar-refractivity contribution in [1.29, 1.82) is 0 Å². The van der Waals surface area contributed by atoms with Crippen molar-refractivity contribution in [3.05, 3.63) is 57.3 Å². The molecule has 21 heavy (non-hydrogen) atoms. The van der Waals surface area contributed by atoms with Gasteiger partial charge in [-0.1, -0.05) is 11.8 Å². The standard InChI is InChI=1S/C15H12F2N2OS/c16-11-6-10(7-12(17)8-11)15(20)19-9-14-4-3-13(21-14)2-1-5-18/h3-4,6-8H,5,9,18H2,(H,19,20). The Bertz CT molecular complexity index is 696. The van der Waals surface area contributed by atoms with Gasteiger partial charge in [0.2, 0.25) is 0 Å². The fraction of sp³-hybridized carbons (Fsp3) is 0.133. The third kappa shape index (κ3) is 4.38. The van der Waals surface area contributed by atoms with Crippen LogP contribution >= 0.6 is 11.3 Å². The van der Waals surface area contributed by atoms with E-state index in [2.05, 4.69) is 17.2 Å². The molecule has 6 heteroatoms. The van der Waals surface area contributed by atoms with Crippen molar-refractivity contribution in [3.63, 3.8) is 0 Å². The average molecular weight is 306 g/mol. The molecule has 0 aliphatic carbocycles. The molecule has 0 saturated carbocycles. The Morgan fingerprint density at radius 3 is 2.62 bits per heavy atom. The average Bonchev–Trinajstić information content (AvgIpc) is 2.89. The number of carbonyl (C=O) groups is 1. The van der Waals surface area contributed by atoms with Gasteiger partial charge in [0.1, 0.15) is 11.6 Å². The fourth-order valence-corrected chi connectivity index (χ4v) is 2.45.